The van der Waals surface area contributed by atoms with E-state index in [1.807, 2.05) is 69.6 Å². The SMILES string of the molecule is CCCCCCn1c(=O)c2c(-c3ccccc3)nc(-c3cccnc3)n2c2ccccc21. The van der Waals surface area contributed by atoms with Gasteiger partial charge in [0.2, 0.25) is 0 Å². The number of imidazole rings is 1. The zero-order chi connectivity index (χ0) is 21.9. The molecule has 3 heterocycles. The van der Waals surface area contributed by atoms with Crippen LogP contribution in [0.4, 0.5) is 0 Å². The number of rotatable bonds is 7. The number of hydrogen-bond acceptors (Lipinski definition) is 3. The van der Waals surface area contributed by atoms with Crippen molar-refractivity contribution in [1.29, 1.82) is 0 Å². The van der Waals surface area contributed by atoms with Gasteiger partial charge in [-0.3, -0.25) is 14.2 Å². The van der Waals surface area contributed by atoms with Crippen LogP contribution in [0.1, 0.15) is 32.6 Å². The van der Waals surface area contributed by atoms with Crippen molar-refractivity contribution >= 4 is 16.6 Å². The van der Waals surface area contributed by atoms with Crippen LogP contribution in [0.15, 0.2) is 83.9 Å². The van der Waals surface area contributed by atoms with E-state index in [1.54, 1.807) is 12.4 Å². The molecule has 2 aromatic carbocycles. The number of unbranched alkanes of at least 4 members (excludes halogenated alkanes) is 3. The molecule has 0 aliphatic rings. The van der Waals surface area contributed by atoms with Gasteiger partial charge >= 0.3 is 0 Å². The van der Waals surface area contributed by atoms with Gasteiger partial charge in [-0.25, -0.2) is 4.98 Å². The van der Waals surface area contributed by atoms with Gasteiger partial charge in [-0.2, -0.15) is 0 Å². The van der Waals surface area contributed by atoms with Crippen LogP contribution in [-0.4, -0.2) is 18.9 Å². The second-order valence-electron chi connectivity index (χ2n) is 8.08. The second kappa shape index (κ2) is 8.79. The maximum absolute atomic E-state index is 13.9. The smallest absolute Gasteiger partial charge is 0.277 e. The third-order valence-electron chi connectivity index (χ3n) is 5.94. The molecule has 0 aliphatic carbocycles. The Bertz CT molecular complexity index is 1420. The molecule has 3 aromatic heterocycles. The molecule has 5 rings (SSSR count). The van der Waals surface area contributed by atoms with Crippen molar-refractivity contribution in [2.24, 2.45) is 0 Å². The van der Waals surface area contributed by atoms with Crippen molar-refractivity contribution in [3.05, 3.63) is 89.5 Å². The first kappa shape index (κ1) is 20.2. The van der Waals surface area contributed by atoms with Gasteiger partial charge in [0.25, 0.3) is 5.56 Å². The number of hydrogen-bond donors (Lipinski definition) is 0. The van der Waals surface area contributed by atoms with E-state index >= 15 is 0 Å². The highest BCUT2D eigenvalue weighted by Gasteiger charge is 2.21. The average Bonchev–Trinajstić information content (AvgIpc) is 3.26. The predicted molar refractivity (Wildman–Crippen MR) is 130 cm³/mol. The lowest BCUT2D eigenvalue weighted by atomic mass is 10.1. The van der Waals surface area contributed by atoms with Gasteiger partial charge < -0.3 is 4.57 Å². The summed E-state index contributed by atoms with van der Waals surface area (Å²) in [7, 11) is 0. The van der Waals surface area contributed by atoms with Crippen LogP contribution in [-0.2, 0) is 6.54 Å². The normalized spacial score (nSPS) is 11.4. The van der Waals surface area contributed by atoms with Crippen LogP contribution in [0.25, 0.3) is 39.2 Å². The Morgan fingerprint density at radius 3 is 2.31 bits per heavy atom. The minimum absolute atomic E-state index is 0.00157. The van der Waals surface area contributed by atoms with Gasteiger partial charge in [0.15, 0.2) is 0 Å². The Balaban J connectivity index is 1.85. The summed E-state index contributed by atoms with van der Waals surface area (Å²) in [4.78, 5) is 23.2. The van der Waals surface area contributed by atoms with Crippen LogP contribution in [0, 0.1) is 0 Å². The van der Waals surface area contributed by atoms with Crippen LogP contribution in [0.3, 0.4) is 0 Å². The number of aromatic nitrogens is 4. The highest BCUT2D eigenvalue weighted by Crippen LogP contribution is 2.30. The zero-order valence-electron chi connectivity index (χ0n) is 18.2. The summed E-state index contributed by atoms with van der Waals surface area (Å²) in [6.45, 7) is 2.91. The summed E-state index contributed by atoms with van der Waals surface area (Å²) in [6, 6.07) is 22.0. The quantitative estimate of drug-likeness (QED) is 0.304. The first-order valence-corrected chi connectivity index (χ1v) is 11.3. The molecule has 160 valence electrons. The molecular formula is C27H26N4O. The van der Waals surface area contributed by atoms with Gasteiger partial charge in [0.1, 0.15) is 17.0 Å². The number of aryl methyl sites for hydroxylation is 1. The maximum Gasteiger partial charge on any atom is 0.277 e. The summed E-state index contributed by atoms with van der Waals surface area (Å²) < 4.78 is 3.95. The van der Waals surface area contributed by atoms with Crippen LogP contribution in [0.5, 0.6) is 0 Å². The molecule has 0 aliphatic heterocycles. The molecule has 0 N–H and O–H groups in total. The van der Waals surface area contributed by atoms with Crippen LogP contribution in [0.2, 0.25) is 0 Å². The van der Waals surface area contributed by atoms with E-state index in [0.29, 0.717) is 17.8 Å². The molecule has 32 heavy (non-hydrogen) atoms. The molecule has 0 spiro atoms. The van der Waals surface area contributed by atoms with E-state index in [1.165, 1.54) is 12.8 Å². The van der Waals surface area contributed by atoms with Gasteiger partial charge in [0, 0.05) is 30.1 Å². The van der Waals surface area contributed by atoms with E-state index in [9.17, 15) is 4.79 Å². The molecule has 0 saturated heterocycles. The largest absolute Gasteiger partial charge is 0.305 e. The monoisotopic (exact) mass is 422 g/mol. The van der Waals surface area contributed by atoms with Gasteiger partial charge in [-0.05, 0) is 30.7 Å². The minimum atomic E-state index is 0.00157. The molecule has 0 atom stereocenters. The van der Waals surface area contributed by atoms with Crippen molar-refractivity contribution in [2.75, 3.05) is 0 Å². The van der Waals surface area contributed by atoms with E-state index in [0.717, 1.165) is 40.8 Å². The highest BCUT2D eigenvalue weighted by molar-refractivity contribution is 5.88. The minimum Gasteiger partial charge on any atom is -0.305 e. The molecule has 0 unspecified atom stereocenters. The van der Waals surface area contributed by atoms with Crippen LogP contribution >= 0.6 is 0 Å². The molecular weight excluding hydrogens is 396 g/mol. The first-order valence-electron chi connectivity index (χ1n) is 11.3. The molecule has 0 bridgehead atoms. The summed E-state index contributed by atoms with van der Waals surface area (Å²) in [5, 5.41) is 0. The molecule has 0 fully saturated rings. The lowest BCUT2D eigenvalue weighted by Crippen LogP contribution is -2.23. The van der Waals surface area contributed by atoms with E-state index in [2.05, 4.69) is 18.0 Å². The molecule has 5 heteroatoms. The fourth-order valence-corrected chi connectivity index (χ4v) is 4.38. The third kappa shape index (κ3) is 3.50. The molecule has 0 amide bonds. The Labute approximate surface area is 187 Å². The van der Waals surface area contributed by atoms with E-state index in [-0.39, 0.29) is 5.56 Å². The van der Waals surface area contributed by atoms with Crippen molar-refractivity contribution in [2.45, 2.75) is 39.2 Å². The standard InChI is InChI=1S/C27H26N4O/c1-2-3-4-10-18-30-22-15-8-9-16-23(22)31-25(27(30)32)24(20-12-6-5-7-13-20)29-26(31)21-14-11-17-28-19-21/h5-9,11-17,19H,2-4,10,18H2,1H3. The van der Waals surface area contributed by atoms with Crippen LogP contribution < -0.4 is 5.56 Å². The van der Waals surface area contributed by atoms with Gasteiger partial charge in [-0.15, -0.1) is 0 Å². The molecule has 0 radical (unpaired) electrons. The third-order valence-corrected chi connectivity index (χ3v) is 5.94. The summed E-state index contributed by atoms with van der Waals surface area (Å²) in [5.74, 6) is 0.735. The molecule has 5 aromatic rings. The highest BCUT2D eigenvalue weighted by atomic mass is 16.1. The number of pyridine rings is 1. The Morgan fingerprint density at radius 2 is 1.56 bits per heavy atom. The molecule has 0 saturated carbocycles. The summed E-state index contributed by atoms with van der Waals surface area (Å²) >= 11 is 0. The first-order chi connectivity index (χ1) is 15.8. The van der Waals surface area contributed by atoms with Crippen molar-refractivity contribution < 1.29 is 0 Å². The average molecular weight is 423 g/mol. The van der Waals surface area contributed by atoms with Gasteiger partial charge in [0.05, 0.1) is 11.0 Å². The molecule has 5 nitrogen and oxygen atoms in total. The Morgan fingerprint density at radius 1 is 0.812 bits per heavy atom. The fourth-order valence-electron chi connectivity index (χ4n) is 4.38. The maximum atomic E-state index is 13.9. The van der Waals surface area contributed by atoms with Gasteiger partial charge in [-0.1, -0.05) is 68.7 Å². The lowest BCUT2D eigenvalue weighted by molar-refractivity contribution is 0.583. The number of benzene rings is 2. The lowest BCUT2D eigenvalue weighted by Gasteiger charge is -2.14. The second-order valence-corrected chi connectivity index (χ2v) is 8.08. The number of para-hydroxylation sites is 2. The zero-order valence-corrected chi connectivity index (χ0v) is 18.2. The topological polar surface area (TPSA) is 52.2 Å². The number of nitrogens with zero attached hydrogens (tertiary/aromatic N) is 4. The van der Waals surface area contributed by atoms with E-state index < -0.39 is 0 Å². The van der Waals surface area contributed by atoms with Crippen molar-refractivity contribution in [3.63, 3.8) is 0 Å². The van der Waals surface area contributed by atoms with Crippen molar-refractivity contribution in [1.82, 2.24) is 18.9 Å². The Hall–Kier alpha value is -3.73. The summed E-state index contributed by atoms with van der Waals surface area (Å²) in [6.07, 6.45) is 8.01. The summed E-state index contributed by atoms with van der Waals surface area (Å²) in [5.41, 5.74) is 5.06. The Kier molecular flexibility index (Phi) is 5.55. The predicted octanol–water partition coefficient (Wildman–Crippen LogP) is 5.96. The van der Waals surface area contributed by atoms with Crippen molar-refractivity contribution in [3.8, 4) is 22.6 Å². The fraction of sp³-hybridized carbons (Fsp3) is 0.222. The number of fused-ring (bicyclic) bond motifs is 3. The van der Waals surface area contributed by atoms with E-state index in [4.69, 9.17) is 4.98 Å².